The summed E-state index contributed by atoms with van der Waals surface area (Å²) in [5, 5.41) is 3.25. The number of aromatic nitrogens is 1. The largest absolute Gasteiger partial charge is 0.490 e. The summed E-state index contributed by atoms with van der Waals surface area (Å²) in [4.78, 5) is 5.65. The molecule has 0 amide bonds. The van der Waals surface area contributed by atoms with E-state index < -0.39 is 0 Å². The lowest BCUT2D eigenvalue weighted by molar-refractivity contribution is 0.307. The molecule has 2 N–H and O–H groups in total. The summed E-state index contributed by atoms with van der Waals surface area (Å²) in [7, 11) is 2.03. The molecule has 0 unspecified atom stereocenters. The molecule has 1 aliphatic rings. The Morgan fingerprint density at radius 3 is 2.83 bits per heavy atom. The second-order valence-electron chi connectivity index (χ2n) is 7.36. The molecule has 0 spiro atoms. The first-order valence-electron chi connectivity index (χ1n) is 9.89. The minimum Gasteiger partial charge on any atom is -0.490 e. The second-order valence-corrected chi connectivity index (χ2v) is 7.36. The average Bonchev–Trinajstić information content (AvgIpc) is 3.22. The second kappa shape index (κ2) is 7.43. The molecule has 0 bridgehead atoms. The highest BCUT2D eigenvalue weighted by Crippen LogP contribution is 2.36. The average molecular weight is 384 g/mol. The summed E-state index contributed by atoms with van der Waals surface area (Å²) in [5.41, 5.74) is 9.14. The summed E-state index contributed by atoms with van der Waals surface area (Å²) < 4.78 is 5.90. The van der Waals surface area contributed by atoms with Crippen molar-refractivity contribution >= 4 is 28.0 Å². The molecule has 5 nitrogen and oxygen atoms in total. The van der Waals surface area contributed by atoms with Crippen molar-refractivity contribution in [1.82, 2.24) is 4.98 Å². The molecule has 1 aliphatic heterocycles. The van der Waals surface area contributed by atoms with E-state index in [9.17, 15) is 0 Å². The highest BCUT2D eigenvalue weighted by atomic mass is 16.5. The Labute approximate surface area is 170 Å². The zero-order valence-corrected chi connectivity index (χ0v) is 16.4. The Bertz CT molecular complexity index is 1120. The van der Waals surface area contributed by atoms with Crippen molar-refractivity contribution in [1.29, 1.82) is 0 Å². The van der Waals surface area contributed by atoms with Crippen LogP contribution in [0.3, 0.4) is 0 Å². The number of H-pyrrole nitrogens is 1. The van der Waals surface area contributed by atoms with E-state index in [1.165, 1.54) is 10.9 Å². The minimum atomic E-state index is 0.712. The SMILES string of the molecule is CN(Nc1ccc2cc[nH]c2c1)c1ccc2c(c1)N(Cc1ccccc1)CCO2. The van der Waals surface area contributed by atoms with Crippen LogP contribution in [0.25, 0.3) is 10.9 Å². The lowest BCUT2D eigenvalue weighted by Gasteiger charge is -2.33. The van der Waals surface area contributed by atoms with Crippen molar-refractivity contribution in [2.75, 3.05) is 35.5 Å². The number of aromatic amines is 1. The van der Waals surface area contributed by atoms with Gasteiger partial charge in [0.25, 0.3) is 0 Å². The van der Waals surface area contributed by atoms with Crippen molar-refractivity contribution in [3.8, 4) is 5.75 Å². The van der Waals surface area contributed by atoms with Crippen LogP contribution in [0.2, 0.25) is 0 Å². The van der Waals surface area contributed by atoms with Crippen molar-refractivity contribution in [2.45, 2.75) is 6.54 Å². The Hall–Kier alpha value is -3.60. The van der Waals surface area contributed by atoms with Crippen molar-refractivity contribution in [2.24, 2.45) is 0 Å². The fourth-order valence-electron chi connectivity index (χ4n) is 3.81. The maximum Gasteiger partial charge on any atom is 0.142 e. The van der Waals surface area contributed by atoms with Gasteiger partial charge in [0.05, 0.1) is 23.6 Å². The van der Waals surface area contributed by atoms with Gasteiger partial charge in [-0.3, -0.25) is 10.4 Å². The van der Waals surface area contributed by atoms with Crippen molar-refractivity contribution in [3.05, 3.63) is 84.6 Å². The predicted octanol–water partition coefficient (Wildman–Crippen LogP) is 5.03. The first-order valence-corrected chi connectivity index (χ1v) is 9.89. The van der Waals surface area contributed by atoms with E-state index in [1.807, 2.05) is 18.3 Å². The Morgan fingerprint density at radius 1 is 1.03 bits per heavy atom. The molecule has 0 aliphatic carbocycles. The molecule has 1 aromatic heterocycles. The van der Waals surface area contributed by atoms with E-state index in [4.69, 9.17) is 4.74 Å². The summed E-state index contributed by atoms with van der Waals surface area (Å²) in [6, 6.07) is 25.3. The number of fused-ring (bicyclic) bond motifs is 2. The van der Waals surface area contributed by atoms with Gasteiger partial charge in [-0.05, 0) is 47.3 Å². The Kier molecular flexibility index (Phi) is 4.48. The molecule has 5 rings (SSSR count). The third kappa shape index (κ3) is 3.59. The summed E-state index contributed by atoms with van der Waals surface area (Å²) in [6.45, 7) is 2.47. The number of hydrazine groups is 1. The van der Waals surface area contributed by atoms with Gasteiger partial charge < -0.3 is 14.6 Å². The number of hydrogen-bond acceptors (Lipinski definition) is 4. The van der Waals surface area contributed by atoms with Crippen LogP contribution in [0.5, 0.6) is 5.75 Å². The van der Waals surface area contributed by atoms with Crippen LogP contribution >= 0.6 is 0 Å². The van der Waals surface area contributed by atoms with Gasteiger partial charge in [-0.15, -0.1) is 0 Å². The van der Waals surface area contributed by atoms with E-state index in [-0.39, 0.29) is 0 Å². The number of nitrogens with zero attached hydrogens (tertiary/aromatic N) is 2. The van der Waals surface area contributed by atoms with Crippen molar-refractivity contribution < 1.29 is 4.74 Å². The van der Waals surface area contributed by atoms with E-state index in [2.05, 4.69) is 88.1 Å². The molecule has 0 radical (unpaired) electrons. The normalized spacial score (nSPS) is 13.1. The van der Waals surface area contributed by atoms with Gasteiger partial charge in [-0.2, -0.15) is 0 Å². The lowest BCUT2D eigenvalue weighted by atomic mass is 10.1. The van der Waals surface area contributed by atoms with Crippen LogP contribution in [0.1, 0.15) is 5.56 Å². The number of benzene rings is 3. The van der Waals surface area contributed by atoms with E-state index >= 15 is 0 Å². The molecule has 0 atom stereocenters. The van der Waals surface area contributed by atoms with Gasteiger partial charge in [0.2, 0.25) is 0 Å². The van der Waals surface area contributed by atoms with Crippen LogP contribution in [0.15, 0.2) is 79.0 Å². The molecule has 29 heavy (non-hydrogen) atoms. The van der Waals surface area contributed by atoms with Gasteiger partial charge in [-0.25, -0.2) is 0 Å². The maximum atomic E-state index is 5.90. The topological polar surface area (TPSA) is 43.5 Å². The standard InChI is InChI=1S/C24H24N4O/c1-27(26-20-8-7-19-11-12-25-22(19)15-20)21-9-10-24-23(16-21)28(13-14-29-24)17-18-5-3-2-4-6-18/h2-12,15-16,25-26H,13-14,17H2,1H3. The Balaban J connectivity index is 1.38. The molecular formula is C24H24N4O. The number of anilines is 3. The molecule has 3 aromatic carbocycles. The highest BCUT2D eigenvalue weighted by Gasteiger charge is 2.19. The van der Waals surface area contributed by atoms with Crippen LogP contribution < -0.4 is 20.1 Å². The molecule has 0 fully saturated rings. The third-order valence-electron chi connectivity index (χ3n) is 5.36. The Morgan fingerprint density at radius 2 is 1.93 bits per heavy atom. The monoisotopic (exact) mass is 384 g/mol. The van der Waals surface area contributed by atoms with Crippen LogP contribution in [-0.4, -0.2) is 25.2 Å². The van der Waals surface area contributed by atoms with Crippen LogP contribution in [-0.2, 0) is 6.54 Å². The first kappa shape index (κ1) is 17.5. The molecule has 0 saturated carbocycles. The van der Waals surface area contributed by atoms with Gasteiger partial charge in [0, 0.05) is 25.3 Å². The molecule has 5 heteroatoms. The smallest absolute Gasteiger partial charge is 0.142 e. The third-order valence-corrected chi connectivity index (χ3v) is 5.36. The summed E-state index contributed by atoms with van der Waals surface area (Å²) in [6.07, 6.45) is 1.96. The zero-order valence-electron chi connectivity index (χ0n) is 16.4. The van der Waals surface area contributed by atoms with Crippen LogP contribution in [0.4, 0.5) is 17.1 Å². The fourth-order valence-corrected chi connectivity index (χ4v) is 3.81. The fraction of sp³-hybridized carbons (Fsp3) is 0.167. The van der Waals surface area contributed by atoms with E-state index in [0.29, 0.717) is 6.61 Å². The van der Waals surface area contributed by atoms with E-state index in [0.717, 1.165) is 41.4 Å². The number of hydrogen-bond donors (Lipinski definition) is 2. The molecule has 146 valence electrons. The molecule has 4 aromatic rings. The first-order chi connectivity index (χ1) is 14.3. The lowest BCUT2D eigenvalue weighted by Crippen LogP contribution is -2.32. The van der Waals surface area contributed by atoms with Gasteiger partial charge in [0.1, 0.15) is 12.4 Å². The molecule has 2 heterocycles. The number of ether oxygens (including phenoxy) is 1. The van der Waals surface area contributed by atoms with Crippen molar-refractivity contribution in [3.63, 3.8) is 0 Å². The van der Waals surface area contributed by atoms with Gasteiger partial charge in [0.15, 0.2) is 0 Å². The predicted molar refractivity (Wildman–Crippen MR) is 120 cm³/mol. The zero-order chi connectivity index (χ0) is 19.6. The van der Waals surface area contributed by atoms with Crippen LogP contribution in [0, 0.1) is 0 Å². The summed E-state index contributed by atoms with van der Waals surface area (Å²) in [5.74, 6) is 0.942. The molecule has 0 saturated heterocycles. The maximum absolute atomic E-state index is 5.90. The van der Waals surface area contributed by atoms with Gasteiger partial charge >= 0.3 is 0 Å². The highest BCUT2D eigenvalue weighted by molar-refractivity contribution is 5.83. The minimum absolute atomic E-state index is 0.712. The summed E-state index contributed by atoms with van der Waals surface area (Å²) >= 11 is 0. The molecular weight excluding hydrogens is 360 g/mol. The van der Waals surface area contributed by atoms with E-state index in [1.54, 1.807) is 0 Å². The number of rotatable bonds is 5. The number of nitrogens with one attached hydrogen (secondary N) is 2. The quantitative estimate of drug-likeness (QED) is 0.474. The van der Waals surface area contributed by atoms with Gasteiger partial charge in [-0.1, -0.05) is 36.4 Å².